The summed E-state index contributed by atoms with van der Waals surface area (Å²) < 4.78 is 4.81. The Morgan fingerprint density at radius 2 is 1.94 bits per heavy atom. The third-order valence-electron chi connectivity index (χ3n) is 2.12. The summed E-state index contributed by atoms with van der Waals surface area (Å²) in [5.41, 5.74) is 0.897. The van der Waals surface area contributed by atoms with E-state index in [2.05, 4.69) is 10.5 Å². The lowest BCUT2D eigenvalue weighted by Crippen LogP contribution is -2.12. The number of nitrogens with one attached hydrogen (secondary N) is 1. The Labute approximate surface area is 108 Å². The van der Waals surface area contributed by atoms with Gasteiger partial charge < -0.3 is 9.84 Å². The highest BCUT2D eigenvalue weighted by Crippen LogP contribution is 2.23. The van der Waals surface area contributed by atoms with Crippen molar-refractivity contribution in [2.24, 2.45) is 0 Å². The number of aryl methyl sites for hydroxylation is 1. The second-order valence-corrected chi connectivity index (χ2v) is 4.28. The fourth-order valence-corrected chi connectivity index (χ4v) is 1.87. The van der Waals surface area contributed by atoms with Gasteiger partial charge in [-0.15, -0.1) is 0 Å². The van der Waals surface area contributed by atoms with Crippen molar-refractivity contribution in [3.63, 3.8) is 0 Å². The van der Waals surface area contributed by atoms with Gasteiger partial charge in [0.25, 0.3) is 5.91 Å². The molecule has 0 bridgehead atoms. The Balaban J connectivity index is 2.21. The number of amides is 1. The third-order valence-corrected chi connectivity index (χ3v) is 2.55. The first-order chi connectivity index (χ1) is 8.06. The molecule has 1 aromatic heterocycles. The summed E-state index contributed by atoms with van der Waals surface area (Å²) in [5, 5.41) is 7.10. The van der Waals surface area contributed by atoms with Crippen LogP contribution in [0.4, 0.5) is 5.69 Å². The highest BCUT2D eigenvalue weighted by Gasteiger charge is 2.13. The van der Waals surface area contributed by atoms with Crippen molar-refractivity contribution < 1.29 is 9.32 Å². The Morgan fingerprint density at radius 1 is 1.29 bits per heavy atom. The van der Waals surface area contributed by atoms with Crippen LogP contribution in [-0.2, 0) is 0 Å². The number of benzene rings is 1. The van der Waals surface area contributed by atoms with Crippen molar-refractivity contribution in [2.75, 3.05) is 5.32 Å². The minimum absolute atomic E-state index is 0.318. The van der Waals surface area contributed by atoms with Gasteiger partial charge in [0.05, 0.1) is 6.20 Å². The summed E-state index contributed by atoms with van der Waals surface area (Å²) in [5.74, 6) is 0.137. The second-order valence-electron chi connectivity index (χ2n) is 3.41. The van der Waals surface area contributed by atoms with Crippen LogP contribution in [0.15, 0.2) is 28.9 Å². The van der Waals surface area contributed by atoms with E-state index in [1.165, 1.54) is 6.20 Å². The Hall–Kier alpha value is -1.52. The van der Waals surface area contributed by atoms with E-state index < -0.39 is 0 Å². The molecule has 2 aromatic rings. The van der Waals surface area contributed by atoms with Crippen molar-refractivity contribution in [3.8, 4) is 0 Å². The van der Waals surface area contributed by atoms with E-state index in [0.29, 0.717) is 27.1 Å². The monoisotopic (exact) mass is 270 g/mol. The molecule has 0 radical (unpaired) electrons. The maximum Gasteiger partial charge on any atom is 0.260 e. The molecule has 0 aliphatic heterocycles. The quantitative estimate of drug-likeness (QED) is 0.908. The molecule has 0 aliphatic rings. The molecule has 88 valence electrons. The summed E-state index contributed by atoms with van der Waals surface area (Å²) in [4.78, 5) is 11.8. The fraction of sp³-hybridized carbons (Fsp3) is 0.0909. The topological polar surface area (TPSA) is 55.1 Å². The van der Waals surface area contributed by atoms with Crippen LogP contribution < -0.4 is 5.32 Å². The maximum atomic E-state index is 11.8. The normalized spacial score (nSPS) is 10.3. The predicted molar refractivity (Wildman–Crippen MR) is 65.7 cm³/mol. The van der Waals surface area contributed by atoms with Crippen molar-refractivity contribution in [2.45, 2.75) is 6.92 Å². The minimum Gasteiger partial charge on any atom is -0.361 e. The van der Waals surface area contributed by atoms with Gasteiger partial charge >= 0.3 is 0 Å². The fourth-order valence-electron chi connectivity index (χ4n) is 1.34. The average Bonchev–Trinajstić information content (AvgIpc) is 2.62. The molecule has 1 amide bonds. The molecule has 6 heteroatoms. The zero-order chi connectivity index (χ0) is 12.4. The molecule has 0 spiro atoms. The van der Waals surface area contributed by atoms with Gasteiger partial charge in [-0.25, -0.2) is 0 Å². The molecule has 0 fully saturated rings. The second kappa shape index (κ2) is 4.77. The first-order valence-corrected chi connectivity index (χ1v) is 5.50. The SMILES string of the molecule is Cc1oncc1C(=O)Nc1cc(Cl)cc(Cl)c1. The zero-order valence-corrected chi connectivity index (χ0v) is 10.3. The van der Waals surface area contributed by atoms with Crippen molar-refractivity contribution in [1.29, 1.82) is 0 Å². The molecule has 0 saturated heterocycles. The summed E-state index contributed by atoms with van der Waals surface area (Å²) in [6.45, 7) is 1.66. The lowest BCUT2D eigenvalue weighted by atomic mass is 10.2. The molecular weight excluding hydrogens is 263 g/mol. The number of aromatic nitrogens is 1. The number of rotatable bonds is 2. The van der Waals surface area contributed by atoms with Gasteiger partial charge in [-0.05, 0) is 25.1 Å². The summed E-state index contributed by atoms with van der Waals surface area (Å²) in [6.07, 6.45) is 1.36. The number of hydrogen-bond donors (Lipinski definition) is 1. The predicted octanol–water partition coefficient (Wildman–Crippen LogP) is 3.54. The van der Waals surface area contributed by atoms with E-state index >= 15 is 0 Å². The first-order valence-electron chi connectivity index (χ1n) is 4.75. The van der Waals surface area contributed by atoms with Gasteiger partial charge in [0.15, 0.2) is 0 Å². The molecule has 0 unspecified atom stereocenters. The van der Waals surface area contributed by atoms with Crippen molar-refractivity contribution in [1.82, 2.24) is 5.16 Å². The van der Waals surface area contributed by atoms with Gasteiger partial charge in [0, 0.05) is 15.7 Å². The van der Waals surface area contributed by atoms with E-state index in [1.54, 1.807) is 25.1 Å². The Morgan fingerprint density at radius 3 is 2.47 bits per heavy atom. The van der Waals surface area contributed by atoms with E-state index in [0.717, 1.165) is 0 Å². The summed E-state index contributed by atoms with van der Waals surface area (Å²) in [6, 6.07) is 4.80. The number of carbonyl (C=O) groups excluding carboxylic acids is 1. The molecule has 0 atom stereocenters. The van der Waals surface area contributed by atoms with Crippen molar-refractivity contribution in [3.05, 3.63) is 45.8 Å². The van der Waals surface area contributed by atoms with Gasteiger partial charge in [-0.3, -0.25) is 4.79 Å². The van der Waals surface area contributed by atoms with Crippen LogP contribution in [-0.4, -0.2) is 11.1 Å². The van der Waals surface area contributed by atoms with Crippen LogP contribution in [0.3, 0.4) is 0 Å². The molecule has 0 aliphatic carbocycles. The minimum atomic E-state index is -0.318. The van der Waals surface area contributed by atoms with Gasteiger partial charge in [0.2, 0.25) is 0 Å². The Bertz CT molecular complexity index is 546. The standard InChI is InChI=1S/C11H8Cl2N2O2/c1-6-10(5-14-17-6)11(16)15-9-3-7(12)2-8(13)4-9/h2-5H,1H3,(H,15,16). The van der Waals surface area contributed by atoms with Crippen LogP contribution in [0.5, 0.6) is 0 Å². The van der Waals surface area contributed by atoms with Crippen LogP contribution >= 0.6 is 23.2 Å². The zero-order valence-electron chi connectivity index (χ0n) is 8.83. The highest BCUT2D eigenvalue weighted by molar-refractivity contribution is 6.35. The van der Waals surface area contributed by atoms with Crippen LogP contribution in [0, 0.1) is 6.92 Å². The highest BCUT2D eigenvalue weighted by atomic mass is 35.5. The summed E-state index contributed by atoms with van der Waals surface area (Å²) in [7, 11) is 0. The van der Waals surface area contributed by atoms with E-state index in [4.69, 9.17) is 27.7 Å². The van der Waals surface area contributed by atoms with E-state index in [-0.39, 0.29) is 5.91 Å². The van der Waals surface area contributed by atoms with Crippen LogP contribution in [0.2, 0.25) is 10.0 Å². The first kappa shape index (κ1) is 12.0. The third kappa shape index (κ3) is 2.78. The largest absolute Gasteiger partial charge is 0.361 e. The van der Waals surface area contributed by atoms with Crippen LogP contribution in [0.1, 0.15) is 16.1 Å². The van der Waals surface area contributed by atoms with Crippen molar-refractivity contribution >= 4 is 34.8 Å². The molecule has 1 N–H and O–H groups in total. The number of halogens is 2. The molecule has 17 heavy (non-hydrogen) atoms. The molecule has 2 rings (SSSR count). The number of nitrogens with zero attached hydrogens (tertiary/aromatic N) is 1. The number of carbonyl (C=O) groups is 1. The van der Waals surface area contributed by atoms with Gasteiger partial charge in [0.1, 0.15) is 11.3 Å². The maximum absolute atomic E-state index is 11.8. The molecule has 1 heterocycles. The lowest BCUT2D eigenvalue weighted by Gasteiger charge is -2.05. The van der Waals surface area contributed by atoms with Gasteiger partial charge in [-0.1, -0.05) is 28.4 Å². The molecule has 1 aromatic carbocycles. The number of hydrogen-bond acceptors (Lipinski definition) is 3. The average molecular weight is 271 g/mol. The molecular formula is C11H8Cl2N2O2. The van der Waals surface area contributed by atoms with Gasteiger partial charge in [-0.2, -0.15) is 0 Å². The molecule has 4 nitrogen and oxygen atoms in total. The number of anilines is 1. The van der Waals surface area contributed by atoms with E-state index in [1.807, 2.05) is 0 Å². The van der Waals surface area contributed by atoms with Crippen LogP contribution in [0.25, 0.3) is 0 Å². The Kier molecular flexibility index (Phi) is 3.36. The smallest absolute Gasteiger partial charge is 0.260 e. The summed E-state index contributed by atoms with van der Waals surface area (Å²) >= 11 is 11.6. The van der Waals surface area contributed by atoms with E-state index in [9.17, 15) is 4.79 Å². The lowest BCUT2D eigenvalue weighted by molar-refractivity contribution is 0.102. The molecule has 0 saturated carbocycles.